The van der Waals surface area contributed by atoms with E-state index >= 15 is 0 Å². The van der Waals surface area contributed by atoms with Gasteiger partial charge in [-0.05, 0) is 19.4 Å². The van der Waals surface area contributed by atoms with Crippen molar-refractivity contribution in [1.29, 1.82) is 0 Å². The first kappa shape index (κ1) is 8.51. The molecular formula is C10H13NO2. The molecule has 1 unspecified atom stereocenters. The standard InChI is InChI=1S/C10H13NO2/c1-8-7-11-5-4-9(8)13-10-3-2-6-12-10/h4-5,7,10H,2-3,6H2,1H3. The molecule has 2 heterocycles. The van der Waals surface area contributed by atoms with E-state index in [4.69, 9.17) is 9.47 Å². The summed E-state index contributed by atoms with van der Waals surface area (Å²) in [6.07, 6.45) is 5.55. The van der Waals surface area contributed by atoms with Crippen LogP contribution in [0.25, 0.3) is 0 Å². The number of nitrogens with zero attached hydrogens (tertiary/aromatic N) is 1. The van der Waals surface area contributed by atoms with E-state index in [1.165, 1.54) is 0 Å². The van der Waals surface area contributed by atoms with Gasteiger partial charge in [-0.1, -0.05) is 0 Å². The molecule has 0 spiro atoms. The fourth-order valence-electron chi connectivity index (χ4n) is 1.38. The van der Waals surface area contributed by atoms with E-state index in [1.807, 2.05) is 13.0 Å². The molecule has 0 saturated carbocycles. The van der Waals surface area contributed by atoms with Gasteiger partial charge in [0.05, 0.1) is 6.61 Å². The molecule has 0 radical (unpaired) electrons. The van der Waals surface area contributed by atoms with Crippen LogP contribution in [0.1, 0.15) is 18.4 Å². The van der Waals surface area contributed by atoms with Gasteiger partial charge in [-0.15, -0.1) is 0 Å². The number of rotatable bonds is 2. The average molecular weight is 179 g/mol. The highest BCUT2D eigenvalue weighted by molar-refractivity contribution is 5.28. The van der Waals surface area contributed by atoms with Crippen LogP contribution in [0.4, 0.5) is 0 Å². The molecule has 2 rings (SSSR count). The van der Waals surface area contributed by atoms with Crippen molar-refractivity contribution in [3.05, 3.63) is 24.0 Å². The quantitative estimate of drug-likeness (QED) is 0.694. The van der Waals surface area contributed by atoms with Crippen LogP contribution in [-0.4, -0.2) is 17.9 Å². The first-order chi connectivity index (χ1) is 6.36. The normalized spacial score (nSPS) is 21.8. The summed E-state index contributed by atoms with van der Waals surface area (Å²) < 4.78 is 11.0. The van der Waals surface area contributed by atoms with Crippen LogP contribution in [0, 0.1) is 6.92 Å². The zero-order valence-corrected chi connectivity index (χ0v) is 7.69. The topological polar surface area (TPSA) is 31.4 Å². The highest BCUT2D eigenvalue weighted by atomic mass is 16.7. The van der Waals surface area contributed by atoms with E-state index in [-0.39, 0.29) is 6.29 Å². The molecule has 3 nitrogen and oxygen atoms in total. The van der Waals surface area contributed by atoms with Crippen LogP contribution in [0.3, 0.4) is 0 Å². The van der Waals surface area contributed by atoms with Gasteiger partial charge in [0.1, 0.15) is 5.75 Å². The van der Waals surface area contributed by atoms with Crippen molar-refractivity contribution in [1.82, 2.24) is 4.98 Å². The lowest BCUT2D eigenvalue weighted by Crippen LogP contribution is -2.14. The van der Waals surface area contributed by atoms with Crippen molar-refractivity contribution in [2.45, 2.75) is 26.1 Å². The van der Waals surface area contributed by atoms with Crippen LogP contribution in [-0.2, 0) is 4.74 Å². The molecule has 0 amide bonds. The maximum atomic E-state index is 5.64. The Morgan fingerprint density at radius 2 is 2.54 bits per heavy atom. The minimum absolute atomic E-state index is 0.0545. The van der Waals surface area contributed by atoms with Crippen molar-refractivity contribution in [2.24, 2.45) is 0 Å². The molecule has 1 saturated heterocycles. The number of hydrogen-bond donors (Lipinski definition) is 0. The zero-order chi connectivity index (χ0) is 9.10. The van der Waals surface area contributed by atoms with Crippen LogP contribution in [0.2, 0.25) is 0 Å². The zero-order valence-electron chi connectivity index (χ0n) is 7.69. The minimum Gasteiger partial charge on any atom is -0.465 e. The lowest BCUT2D eigenvalue weighted by atomic mass is 10.3. The van der Waals surface area contributed by atoms with Gasteiger partial charge in [-0.25, -0.2) is 0 Å². The third-order valence-electron chi connectivity index (χ3n) is 2.12. The summed E-state index contributed by atoms with van der Waals surface area (Å²) in [6, 6.07) is 1.87. The molecule has 13 heavy (non-hydrogen) atoms. The van der Waals surface area contributed by atoms with E-state index in [0.717, 1.165) is 30.8 Å². The number of aromatic nitrogens is 1. The number of hydrogen-bond acceptors (Lipinski definition) is 3. The van der Waals surface area contributed by atoms with Crippen molar-refractivity contribution in [2.75, 3.05) is 6.61 Å². The molecule has 1 aromatic heterocycles. The van der Waals surface area contributed by atoms with Crippen molar-refractivity contribution < 1.29 is 9.47 Å². The molecule has 0 aliphatic carbocycles. The van der Waals surface area contributed by atoms with Crippen molar-refractivity contribution in [3.8, 4) is 5.75 Å². The second-order valence-corrected chi connectivity index (χ2v) is 3.20. The summed E-state index contributed by atoms with van der Waals surface area (Å²) in [5.41, 5.74) is 1.05. The predicted octanol–water partition coefficient (Wildman–Crippen LogP) is 1.91. The molecule has 1 aromatic rings. The molecule has 70 valence electrons. The third kappa shape index (κ3) is 1.98. The van der Waals surface area contributed by atoms with Crippen molar-refractivity contribution >= 4 is 0 Å². The van der Waals surface area contributed by atoms with Crippen LogP contribution in [0.5, 0.6) is 5.75 Å². The van der Waals surface area contributed by atoms with Gasteiger partial charge in [0.2, 0.25) is 0 Å². The highest BCUT2D eigenvalue weighted by Crippen LogP contribution is 2.21. The molecule has 1 aliphatic heterocycles. The maximum Gasteiger partial charge on any atom is 0.199 e. The first-order valence-corrected chi connectivity index (χ1v) is 4.55. The van der Waals surface area contributed by atoms with Gasteiger partial charge in [0.15, 0.2) is 6.29 Å². The Kier molecular flexibility index (Phi) is 2.45. The van der Waals surface area contributed by atoms with Gasteiger partial charge < -0.3 is 9.47 Å². The largest absolute Gasteiger partial charge is 0.465 e. The molecule has 1 fully saturated rings. The van der Waals surface area contributed by atoms with Gasteiger partial charge in [0.25, 0.3) is 0 Å². The van der Waals surface area contributed by atoms with E-state index < -0.39 is 0 Å². The van der Waals surface area contributed by atoms with Crippen molar-refractivity contribution in [3.63, 3.8) is 0 Å². The van der Waals surface area contributed by atoms with Crippen LogP contribution < -0.4 is 4.74 Å². The first-order valence-electron chi connectivity index (χ1n) is 4.55. The second-order valence-electron chi connectivity index (χ2n) is 3.20. The summed E-state index contributed by atoms with van der Waals surface area (Å²) in [7, 11) is 0. The van der Waals surface area contributed by atoms with E-state index in [0.29, 0.717) is 0 Å². The average Bonchev–Trinajstić information content (AvgIpc) is 2.61. The minimum atomic E-state index is -0.0545. The molecule has 0 N–H and O–H groups in total. The number of ether oxygens (including phenoxy) is 2. The molecule has 1 aliphatic rings. The predicted molar refractivity (Wildman–Crippen MR) is 48.6 cm³/mol. The summed E-state index contributed by atoms with van der Waals surface area (Å²) in [4.78, 5) is 4.00. The smallest absolute Gasteiger partial charge is 0.199 e. The van der Waals surface area contributed by atoms with E-state index in [2.05, 4.69) is 4.98 Å². The SMILES string of the molecule is Cc1cnccc1OC1CCCO1. The number of pyridine rings is 1. The molecule has 0 bridgehead atoms. The maximum absolute atomic E-state index is 5.64. The fraction of sp³-hybridized carbons (Fsp3) is 0.500. The lowest BCUT2D eigenvalue weighted by molar-refractivity contribution is -0.0394. The Hall–Kier alpha value is -1.09. The molecule has 1 atom stereocenters. The number of aryl methyl sites for hydroxylation is 1. The van der Waals surface area contributed by atoms with E-state index in [9.17, 15) is 0 Å². The Morgan fingerprint density at radius 1 is 1.62 bits per heavy atom. The third-order valence-corrected chi connectivity index (χ3v) is 2.12. The summed E-state index contributed by atoms with van der Waals surface area (Å²) >= 11 is 0. The highest BCUT2D eigenvalue weighted by Gasteiger charge is 2.17. The Bertz CT molecular complexity index is 282. The molecule has 0 aromatic carbocycles. The summed E-state index contributed by atoms with van der Waals surface area (Å²) in [5.74, 6) is 0.877. The summed E-state index contributed by atoms with van der Waals surface area (Å²) in [6.45, 7) is 2.80. The van der Waals surface area contributed by atoms with E-state index in [1.54, 1.807) is 12.4 Å². The van der Waals surface area contributed by atoms with Crippen LogP contribution >= 0.6 is 0 Å². The van der Waals surface area contributed by atoms with Gasteiger partial charge in [-0.2, -0.15) is 0 Å². The summed E-state index contributed by atoms with van der Waals surface area (Å²) in [5, 5.41) is 0. The fourth-order valence-corrected chi connectivity index (χ4v) is 1.38. The Balaban J connectivity index is 2.04. The van der Waals surface area contributed by atoms with Crippen LogP contribution in [0.15, 0.2) is 18.5 Å². The Morgan fingerprint density at radius 3 is 3.23 bits per heavy atom. The second kappa shape index (κ2) is 3.75. The van der Waals surface area contributed by atoms with Gasteiger partial charge >= 0.3 is 0 Å². The van der Waals surface area contributed by atoms with Gasteiger partial charge in [-0.3, -0.25) is 4.98 Å². The van der Waals surface area contributed by atoms with Gasteiger partial charge in [0, 0.05) is 24.4 Å². The Labute approximate surface area is 77.7 Å². The lowest BCUT2D eigenvalue weighted by Gasteiger charge is -2.13. The monoisotopic (exact) mass is 179 g/mol. The molecular weight excluding hydrogens is 166 g/mol. The molecule has 3 heteroatoms.